The molecule has 0 bridgehead atoms. The Morgan fingerprint density at radius 3 is 2.88 bits per heavy atom. The van der Waals surface area contributed by atoms with Crippen LogP contribution in [0.3, 0.4) is 0 Å². The molecule has 1 aliphatic carbocycles. The van der Waals surface area contributed by atoms with Gasteiger partial charge in [-0.1, -0.05) is 11.6 Å². The van der Waals surface area contributed by atoms with Crippen molar-refractivity contribution < 1.29 is 24.2 Å². The standard InChI is InChI=1S/C21H22O5/c1-13(11-16(25-2)7-9-20(23)24)10-14-4-3-5-17-18-12-15(22)6-8-19(18)26-21(14)17/h6-12,14,22H,3-5H2,1-2H3,(H,23,24)/t14-/m1/s1. The number of hydrogen-bond acceptors (Lipinski definition) is 4. The molecule has 2 aromatic rings. The van der Waals surface area contributed by atoms with Gasteiger partial charge in [-0.3, -0.25) is 0 Å². The van der Waals surface area contributed by atoms with Crippen LogP contribution in [-0.2, 0) is 16.0 Å². The average molecular weight is 354 g/mol. The number of aryl methyl sites for hydroxylation is 1. The third-order valence-electron chi connectivity index (χ3n) is 4.54. The minimum atomic E-state index is -1.02. The summed E-state index contributed by atoms with van der Waals surface area (Å²) in [4.78, 5) is 10.7. The van der Waals surface area contributed by atoms with E-state index in [-0.39, 0.29) is 11.7 Å². The number of hydrogen-bond donors (Lipinski definition) is 2. The highest BCUT2D eigenvalue weighted by molar-refractivity contribution is 5.84. The Hall–Kier alpha value is -2.95. The Morgan fingerprint density at radius 1 is 1.35 bits per heavy atom. The molecule has 26 heavy (non-hydrogen) atoms. The number of phenols is 1. The van der Waals surface area contributed by atoms with Crippen molar-refractivity contribution in [1.29, 1.82) is 0 Å². The number of carbonyl (C=O) groups is 1. The van der Waals surface area contributed by atoms with Gasteiger partial charge in [-0.05, 0) is 56.5 Å². The van der Waals surface area contributed by atoms with E-state index in [1.807, 2.05) is 13.0 Å². The first-order valence-corrected chi connectivity index (χ1v) is 8.57. The number of carboxylic acids is 1. The second kappa shape index (κ2) is 7.52. The van der Waals surface area contributed by atoms with Crippen molar-refractivity contribution in [1.82, 2.24) is 0 Å². The number of furan rings is 1. The van der Waals surface area contributed by atoms with Crippen LogP contribution in [0.4, 0.5) is 0 Å². The van der Waals surface area contributed by atoms with Crippen LogP contribution in [0.1, 0.15) is 37.0 Å². The summed E-state index contributed by atoms with van der Waals surface area (Å²) in [6.45, 7) is 1.95. The number of methoxy groups -OCH3 is 1. The highest BCUT2D eigenvalue weighted by atomic mass is 16.5. The van der Waals surface area contributed by atoms with Crippen LogP contribution >= 0.6 is 0 Å². The number of phenolic OH excluding ortho intramolecular Hbond substituents is 1. The van der Waals surface area contributed by atoms with Gasteiger partial charge in [0.15, 0.2) is 0 Å². The summed E-state index contributed by atoms with van der Waals surface area (Å²) < 4.78 is 11.3. The van der Waals surface area contributed by atoms with Crippen LogP contribution in [-0.4, -0.2) is 23.3 Å². The van der Waals surface area contributed by atoms with Gasteiger partial charge in [0.2, 0.25) is 0 Å². The number of benzene rings is 1. The van der Waals surface area contributed by atoms with Crippen molar-refractivity contribution in [3.05, 3.63) is 65.2 Å². The summed E-state index contributed by atoms with van der Waals surface area (Å²) in [6.07, 6.45) is 9.37. The first kappa shape index (κ1) is 17.9. The Bertz CT molecular complexity index is 914. The second-order valence-corrected chi connectivity index (χ2v) is 6.46. The largest absolute Gasteiger partial charge is 0.508 e. The van der Waals surface area contributed by atoms with Gasteiger partial charge in [0, 0.05) is 22.9 Å². The molecule has 136 valence electrons. The van der Waals surface area contributed by atoms with Crippen LogP contribution in [0.2, 0.25) is 0 Å². The number of carboxylic acid groups (broad SMARTS) is 1. The first-order valence-electron chi connectivity index (χ1n) is 8.57. The van der Waals surface area contributed by atoms with Gasteiger partial charge < -0.3 is 19.4 Å². The van der Waals surface area contributed by atoms with E-state index in [0.29, 0.717) is 5.76 Å². The van der Waals surface area contributed by atoms with Crippen molar-refractivity contribution in [2.45, 2.75) is 32.1 Å². The number of allylic oxidation sites excluding steroid dienone is 4. The lowest BCUT2D eigenvalue weighted by Gasteiger charge is -2.18. The van der Waals surface area contributed by atoms with Gasteiger partial charge in [0.1, 0.15) is 22.9 Å². The maximum absolute atomic E-state index is 10.7. The minimum absolute atomic E-state index is 0.145. The topological polar surface area (TPSA) is 79.9 Å². The molecule has 0 unspecified atom stereocenters. The third-order valence-corrected chi connectivity index (χ3v) is 4.54. The van der Waals surface area contributed by atoms with Gasteiger partial charge >= 0.3 is 5.97 Å². The predicted molar refractivity (Wildman–Crippen MR) is 99.2 cm³/mol. The summed E-state index contributed by atoms with van der Waals surface area (Å²) in [6, 6.07) is 5.20. The summed E-state index contributed by atoms with van der Waals surface area (Å²) >= 11 is 0. The Balaban J connectivity index is 1.92. The summed E-state index contributed by atoms with van der Waals surface area (Å²) in [5.74, 6) is 0.798. The average Bonchev–Trinajstić information content (AvgIpc) is 2.97. The molecule has 1 heterocycles. The summed E-state index contributed by atoms with van der Waals surface area (Å²) in [7, 11) is 1.51. The molecule has 1 aromatic carbocycles. The highest BCUT2D eigenvalue weighted by Crippen LogP contribution is 2.40. The molecule has 0 aliphatic heterocycles. The Morgan fingerprint density at radius 2 is 2.15 bits per heavy atom. The van der Waals surface area contributed by atoms with Crippen LogP contribution < -0.4 is 0 Å². The monoisotopic (exact) mass is 354 g/mol. The normalized spacial score (nSPS) is 18.3. The second-order valence-electron chi connectivity index (χ2n) is 6.46. The van der Waals surface area contributed by atoms with Crippen molar-refractivity contribution in [3.63, 3.8) is 0 Å². The molecule has 0 amide bonds. The molecule has 0 radical (unpaired) electrons. The molecule has 0 fully saturated rings. The van der Waals surface area contributed by atoms with E-state index < -0.39 is 5.97 Å². The molecule has 2 N–H and O–H groups in total. The quantitative estimate of drug-likeness (QED) is 0.463. The Labute approximate surface area is 151 Å². The van der Waals surface area contributed by atoms with E-state index in [2.05, 4.69) is 6.08 Å². The van der Waals surface area contributed by atoms with E-state index in [4.69, 9.17) is 14.3 Å². The maximum Gasteiger partial charge on any atom is 0.328 e. The molecule has 5 heteroatoms. The van der Waals surface area contributed by atoms with Crippen LogP contribution in [0.5, 0.6) is 5.75 Å². The fourth-order valence-corrected chi connectivity index (χ4v) is 3.42. The summed E-state index contributed by atoms with van der Waals surface area (Å²) in [5, 5.41) is 19.5. The number of rotatable bonds is 5. The lowest BCUT2D eigenvalue weighted by molar-refractivity contribution is -0.131. The van der Waals surface area contributed by atoms with Crippen molar-refractivity contribution in [2.24, 2.45) is 0 Å². The number of fused-ring (bicyclic) bond motifs is 3. The molecule has 1 aromatic heterocycles. The zero-order valence-electron chi connectivity index (χ0n) is 14.9. The van der Waals surface area contributed by atoms with Gasteiger partial charge in [-0.25, -0.2) is 4.79 Å². The molecule has 5 nitrogen and oxygen atoms in total. The van der Waals surface area contributed by atoms with E-state index >= 15 is 0 Å². The Kier molecular flexibility index (Phi) is 5.16. The SMILES string of the molecule is COC(C=CC(=O)O)=CC(C)=C[C@H]1CCCc2c1oc1ccc(O)cc21. The number of aliphatic carboxylic acids is 1. The first-order chi connectivity index (χ1) is 12.5. The maximum atomic E-state index is 10.7. The van der Waals surface area contributed by atoms with E-state index in [9.17, 15) is 9.90 Å². The molecular formula is C21H22O5. The van der Waals surface area contributed by atoms with Crippen LogP contribution in [0.25, 0.3) is 11.0 Å². The molecule has 0 spiro atoms. The zero-order valence-corrected chi connectivity index (χ0v) is 14.9. The van der Waals surface area contributed by atoms with Crippen molar-refractivity contribution in [2.75, 3.05) is 7.11 Å². The van der Waals surface area contributed by atoms with E-state index in [1.165, 1.54) is 13.2 Å². The molecule has 0 saturated heterocycles. The van der Waals surface area contributed by atoms with Crippen molar-refractivity contribution >= 4 is 16.9 Å². The van der Waals surface area contributed by atoms with Crippen molar-refractivity contribution in [3.8, 4) is 5.75 Å². The lowest BCUT2D eigenvalue weighted by Crippen LogP contribution is -2.06. The van der Waals surface area contributed by atoms with Gasteiger partial charge in [-0.15, -0.1) is 0 Å². The lowest BCUT2D eigenvalue weighted by atomic mass is 9.86. The predicted octanol–water partition coefficient (Wildman–Crippen LogP) is 4.68. The molecule has 1 aliphatic rings. The highest BCUT2D eigenvalue weighted by Gasteiger charge is 2.25. The van der Waals surface area contributed by atoms with E-state index in [1.54, 1.807) is 18.2 Å². The van der Waals surface area contributed by atoms with Gasteiger partial charge in [0.25, 0.3) is 0 Å². The molecule has 3 rings (SSSR count). The van der Waals surface area contributed by atoms with Gasteiger partial charge in [0.05, 0.1) is 7.11 Å². The fraction of sp³-hybridized carbons (Fsp3) is 0.286. The van der Waals surface area contributed by atoms with Crippen LogP contribution in [0, 0.1) is 0 Å². The molecule has 1 atom stereocenters. The van der Waals surface area contributed by atoms with Gasteiger partial charge in [-0.2, -0.15) is 0 Å². The molecule has 0 saturated carbocycles. The smallest absolute Gasteiger partial charge is 0.328 e. The summed E-state index contributed by atoms with van der Waals surface area (Å²) in [5.41, 5.74) is 2.93. The zero-order chi connectivity index (χ0) is 18.7. The number of aromatic hydroxyl groups is 1. The van der Waals surface area contributed by atoms with E-state index in [0.717, 1.165) is 53.2 Å². The minimum Gasteiger partial charge on any atom is -0.508 e. The third kappa shape index (κ3) is 3.82. The fourth-order valence-electron chi connectivity index (χ4n) is 3.42. The van der Waals surface area contributed by atoms with Crippen LogP contribution in [0.15, 0.2) is 58.3 Å². The molecular weight excluding hydrogens is 332 g/mol. The number of ether oxygens (including phenoxy) is 1.